The quantitative estimate of drug-likeness (QED) is 0.219. The lowest BCUT2D eigenvalue weighted by Gasteiger charge is -2.36. The predicted octanol–water partition coefficient (Wildman–Crippen LogP) is 7.00. The Bertz CT molecular complexity index is 909. The summed E-state index contributed by atoms with van der Waals surface area (Å²) in [5, 5.41) is 5.93. The molecule has 0 fully saturated rings. The van der Waals surface area contributed by atoms with E-state index in [2.05, 4.69) is 30.5 Å². The van der Waals surface area contributed by atoms with Crippen molar-refractivity contribution in [2.75, 3.05) is 13.1 Å². The fraction of sp³-hybridized carbons (Fsp3) is 0.719. The van der Waals surface area contributed by atoms with Crippen LogP contribution in [0.3, 0.4) is 0 Å². The first kappa shape index (κ1) is 34.5. The number of hydrogen-bond acceptors (Lipinski definition) is 4. The maximum Gasteiger partial charge on any atom is 0.408 e. The first-order valence-corrected chi connectivity index (χ1v) is 15.0. The molecule has 0 saturated heterocycles. The highest BCUT2D eigenvalue weighted by molar-refractivity contribution is 5.92. The summed E-state index contributed by atoms with van der Waals surface area (Å²) >= 11 is 0. The van der Waals surface area contributed by atoms with Crippen LogP contribution in [0.5, 0.6) is 0 Å². The molecule has 39 heavy (non-hydrogen) atoms. The molecule has 3 unspecified atom stereocenters. The van der Waals surface area contributed by atoms with Crippen molar-refractivity contribution in [3.8, 4) is 0 Å². The van der Waals surface area contributed by atoms with Gasteiger partial charge in [0.05, 0.1) is 0 Å². The van der Waals surface area contributed by atoms with Crippen LogP contribution in [0.4, 0.5) is 4.79 Å². The number of carbonyl (C=O) groups is 3. The minimum atomic E-state index is -0.808. The van der Waals surface area contributed by atoms with Crippen molar-refractivity contribution in [3.05, 3.63) is 34.9 Å². The first-order valence-electron chi connectivity index (χ1n) is 15.0. The Labute approximate surface area is 237 Å². The summed E-state index contributed by atoms with van der Waals surface area (Å²) in [6, 6.07) is 4.41. The number of ether oxygens (including phenoxy) is 1. The van der Waals surface area contributed by atoms with Gasteiger partial charge in [0.1, 0.15) is 17.7 Å². The van der Waals surface area contributed by atoms with Crippen molar-refractivity contribution < 1.29 is 19.1 Å². The van der Waals surface area contributed by atoms with Crippen molar-refractivity contribution in [1.82, 2.24) is 15.5 Å². The van der Waals surface area contributed by atoms with Crippen LogP contribution in [-0.2, 0) is 14.3 Å². The summed E-state index contributed by atoms with van der Waals surface area (Å²) in [5.41, 5.74) is 2.20. The number of benzene rings is 1. The molecule has 0 aliphatic rings. The maximum atomic E-state index is 14.4. The highest BCUT2D eigenvalue weighted by atomic mass is 16.6. The molecule has 2 N–H and O–H groups in total. The molecule has 7 nitrogen and oxygen atoms in total. The van der Waals surface area contributed by atoms with E-state index < -0.39 is 23.8 Å². The minimum Gasteiger partial charge on any atom is -0.444 e. The molecule has 3 amide bonds. The van der Waals surface area contributed by atoms with Gasteiger partial charge in [0.15, 0.2) is 0 Å². The molecule has 0 bridgehead atoms. The molecule has 7 heteroatoms. The number of aryl methyl sites for hydroxylation is 2. The van der Waals surface area contributed by atoms with Crippen LogP contribution in [-0.4, -0.2) is 47.5 Å². The summed E-state index contributed by atoms with van der Waals surface area (Å²) in [7, 11) is 0. The van der Waals surface area contributed by atoms with Crippen molar-refractivity contribution >= 4 is 17.9 Å². The van der Waals surface area contributed by atoms with Crippen LogP contribution in [0.1, 0.15) is 123 Å². The molecule has 1 rings (SSSR count). The summed E-state index contributed by atoms with van der Waals surface area (Å²) < 4.78 is 5.51. The second kappa shape index (κ2) is 17.2. The SMILES string of the molecule is CCCCCCCN(C(=O)C(NC(=O)OC(C)(C)C)C(C)CC)C(C(=O)NCCCC)c1ccc(C)cc1C. The number of carbonyl (C=O) groups excluding carboxylic acids is 3. The van der Waals surface area contributed by atoms with E-state index in [0.717, 1.165) is 61.6 Å². The van der Waals surface area contributed by atoms with E-state index >= 15 is 0 Å². The van der Waals surface area contributed by atoms with E-state index in [-0.39, 0.29) is 17.7 Å². The Morgan fingerprint density at radius 2 is 1.59 bits per heavy atom. The maximum absolute atomic E-state index is 14.4. The zero-order valence-corrected chi connectivity index (χ0v) is 26.1. The summed E-state index contributed by atoms with van der Waals surface area (Å²) in [6.07, 6.45) is 7.01. The summed E-state index contributed by atoms with van der Waals surface area (Å²) in [5.74, 6) is -0.575. The Kier molecular flexibility index (Phi) is 15.2. The number of amides is 3. The van der Waals surface area contributed by atoms with Gasteiger partial charge in [-0.25, -0.2) is 4.79 Å². The molecule has 1 aromatic rings. The van der Waals surface area contributed by atoms with E-state index in [4.69, 9.17) is 4.74 Å². The number of unbranched alkanes of at least 4 members (excludes halogenated alkanes) is 5. The van der Waals surface area contributed by atoms with E-state index in [1.807, 2.05) is 39.8 Å². The fourth-order valence-corrected chi connectivity index (χ4v) is 4.62. The lowest BCUT2D eigenvalue weighted by molar-refractivity contribution is -0.143. The van der Waals surface area contributed by atoms with Crippen LogP contribution in [0.2, 0.25) is 0 Å². The average Bonchev–Trinajstić information content (AvgIpc) is 2.85. The molecule has 0 heterocycles. The smallest absolute Gasteiger partial charge is 0.408 e. The predicted molar refractivity (Wildman–Crippen MR) is 160 cm³/mol. The lowest BCUT2D eigenvalue weighted by Crippen LogP contribution is -2.55. The summed E-state index contributed by atoms with van der Waals surface area (Å²) in [4.78, 5) is 42.7. The van der Waals surface area contributed by atoms with Crippen LogP contribution < -0.4 is 10.6 Å². The molecular weight excluding hydrogens is 490 g/mol. The van der Waals surface area contributed by atoms with Crippen molar-refractivity contribution in [2.45, 2.75) is 131 Å². The van der Waals surface area contributed by atoms with E-state index in [0.29, 0.717) is 19.5 Å². The van der Waals surface area contributed by atoms with Gasteiger partial charge in [0, 0.05) is 13.1 Å². The molecule has 0 aliphatic carbocycles. The monoisotopic (exact) mass is 545 g/mol. The van der Waals surface area contributed by atoms with Crippen molar-refractivity contribution in [2.24, 2.45) is 5.92 Å². The van der Waals surface area contributed by atoms with Crippen LogP contribution in [0.15, 0.2) is 18.2 Å². The molecule has 0 spiro atoms. The third-order valence-corrected chi connectivity index (χ3v) is 7.05. The molecular formula is C32H55N3O4. The standard InChI is InChI=1S/C32H55N3O4/c1-10-13-15-16-17-21-35(30(37)27(24(5)12-3)34-31(38)39-32(7,8)9)28(29(36)33-20-14-11-2)26-19-18-23(4)22-25(26)6/h18-19,22,24,27-28H,10-17,20-21H2,1-9H3,(H,33,36)(H,34,38). The molecule has 0 aliphatic heterocycles. The van der Waals surface area contributed by atoms with Crippen molar-refractivity contribution in [1.29, 1.82) is 0 Å². The largest absolute Gasteiger partial charge is 0.444 e. The second-order valence-electron chi connectivity index (χ2n) is 11.9. The van der Waals surface area contributed by atoms with Crippen LogP contribution in [0, 0.1) is 19.8 Å². The van der Waals surface area contributed by atoms with Gasteiger partial charge in [0.2, 0.25) is 11.8 Å². The zero-order valence-electron chi connectivity index (χ0n) is 26.1. The van der Waals surface area contributed by atoms with Gasteiger partial charge < -0.3 is 20.3 Å². The van der Waals surface area contributed by atoms with Crippen LogP contribution in [0.25, 0.3) is 0 Å². The molecule has 222 valence electrons. The zero-order chi connectivity index (χ0) is 29.6. The third-order valence-electron chi connectivity index (χ3n) is 7.05. The van der Waals surface area contributed by atoms with Crippen LogP contribution >= 0.6 is 0 Å². The minimum absolute atomic E-state index is 0.143. The third kappa shape index (κ3) is 12.0. The van der Waals surface area contributed by atoms with E-state index in [1.54, 1.807) is 25.7 Å². The number of nitrogens with zero attached hydrogens (tertiary/aromatic N) is 1. The molecule has 0 aromatic heterocycles. The Hall–Kier alpha value is -2.57. The van der Waals surface area contributed by atoms with Gasteiger partial charge in [0.25, 0.3) is 0 Å². The topological polar surface area (TPSA) is 87.7 Å². The average molecular weight is 546 g/mol. The normalized spacial score (nSPS) is 13.8. The Morgan fingerprint density at radius 3 is 2.15 bits per heavy atom. The second-order valence-corrected chi connectivity index (χ2v) is 11.9. The molecule has 0 radical (unpaired) electrons. The van der Waals surface area contributed by atoms with E-state index in [9.17, 15) is 14.4 Å². The Morgan fingerprint density at radius 1 is 0.949 bits per heavy atom. The van der Waals surface area contributed by atoms with Gasteiger partial charge in [-0.2, -0.15) is 0 Å². The number of hydrogen-bond donors (Lipinski definition) is 2. The number of alkyl carbamates (subject to hydrolysis) is 1. The lowest BCUT2D eigenvalue weighted by atomic mass is 9.93. The summed E-state index contributed by atoms with van der Waals surface area (Å²) in [6.45, 7) is 18.6. The van der Waals surface area contributed by atoms with Gasteiger partial charge in [-0.1, -0.05) is 90.0 Å². The van der Waals surface area contributed by atoms with E-state index in [1.165, 1.54) is 0 Å². The highest BCUT2D eigenvalue weighted by Gasteiger charge is 2.38. The van der Waals surface area contributed by atoms with Gasteiger partial charge in [-0.05, 0) is 64.5 Å². The highest BCUT2D eigenvalue weighted by Crippen LogP contribution is 2.28. The number of rotatable bonds is 16. The molecule has 0 saturated carbocycles. The van der Waals surface area contributed by atoms with Crippen molar-refractivity contribution in [3.63, 3.8) is 0 Å². The first-order chi connectivity index (χ1) is 18.4. The van der Waals surface area contributed by atoms with Gasteiger partial charge >= 0.3 is 6.09 Å². The van der Waals surface area contributed by atoms with Gasteiger partial charge in [-0.3, -0.25) is 9.59 Å². The molecule has 3 atom stereocenters. The number of nitrogens with one attached hydrogen (secondary N) is 2. The fourth-order valence-electron chi connectivity index (χ4n) is 4.62. The molecule has 1 aromatic carbocycles. The Balaban J connectivity index is 3.53. The van der Waals surface area contributed by atoms with Gasteiger partial charge in [-0.15, -0.1) is 0 Å².